The lowest BCUT2D eigenvalue weighted by molar-refractivity contribution is -0.140. The van der Waals surface area contributed by atoms with E-state index in [2.05, 4.69) is 0 Å². The Hall–Kier alpha value is -2.16. The van der Waals surface area contributed by atoms with Crippen molar-refractivity contribution in [3.05, 3.63) is 29.5 Å². The Morgan fingerprint density at radius 3 is 2.17 bits per heavy atom. The minimum Gasteiger partial charge on any atom is -0.458 e. The number of carbonyl (C=O) groups is 2. The Kier molecular flexibility index (Phi) is 5.21. The first-order valence-corrected chi connectivity index (χ1v) is 10.2. The standard InChI is InChI=1S/C22H30BNO6/c1-9-28-18(25)17-13-14-12-15(23-29-21(5,6)22(7,8)30-23)10-11-16(14)24(17,19(26)27)20(2,3)4/h10-13H,9H2,1-8H3/p+1. The molecule has 1 aromatic carbocycles. The van der Waals surface area contributed by atoms with Gasteiger partial charge >= 0.3 is 19.2 Å². The van der Waals surface area contributed by atoms with Crippen molar-refractivity contribution in [1.82, 2.24) is 4.48 Å². The lowest BCUT2D eigenvalue weighted by atomic mass is 9.78. The summed E-state index contributed by atoms with van der Waals surface area (Å²) in [6.07, 6.45) is 0.477. The maximum Gasteiger partial charge on any atom is 0.524 e. The van der Waals surface area contributed by atoms with Gasteiger partial charge < -0.3 is 19.2 Å². The molecule has 2 aliphatic rings. The maximum atomic E-state index is 12.8. The van der Waals surface area contributed by atoms with Gasteiger partial charge in [-0.05, 0) is 66.9 Å². The van der Waals surface area contributed by atoms with Crippen LogP contribution in [0.4, 0.5) is 10.5 Å². The molecule has 1 amide bonds. The molecule has 0 bridgehead atoms. The Labute approximate surface area is 178 Å². The van der Waals surface area contributed by atoms with E-state index in [0.29, 0.717) is 11.3 Å². The monoisotopic (exact) mass is 416 g/mol. The summed E-state index contributed by atoms with van der Waals surface area (Å²) in [7, 11) is -0.582. The first-order valence-electron chi connectivity index (χ1n) is 10.2. The van der Waals surface area contributed by atoms with Gasteiger partial charge in [-0.2, -0.15) is 4.79 Å². The number of benzene rings is 1. The summed E-state index contributed by atoms with van der Waals surface area (Å²) in [5.41, 5.74) is 0.190. The number of fused-ring (bicyclic) bond motifs is 1. The zero-order chi connectivity index (χ0) is 22.7. The Morgan fingerprint density at radius 2 is 1.70 bits per heavy atom. The molecule has 0 aliphatic carbocycles. The van der Waals surface area contributed by atoms with Crippen molar-refractivity contribution in [2.24, 2.45) is 0 Å². The van der Waals surface area contributed by atoms with E-state index >= 15 is 0 Å². The molecular formula is C22H31BNO6+. The van der Waals surface area contributed by atoms with E-state index in [1.54, 1.807) is 39.8 Å². The van der Waals surface area contributed by atoms with Crippen LogP contribution >= 0.6 is 0 Å². The molecule has 2 heterocycles. The molecule has 1 N–H and O–H groups in total. The average molecular weight is 416 g/mol. The molecule has 8 heteroatoms. The fourth-order valence-corrected chi connectivity index (χ4v) is 4.11. The van der Waals surface area contributed by atoms with Crippen molar-refractivity contribution in [2.75, 3.05) is 6.61 Å². The van der Waals surface area contributed by atoms with Crippen molar-refractivity contribution in [1.29, 1.82) is 0 Å². The molecule has 0 radical (unpaired) electrons. The van der Waals surface area contributed by atoms with E-state index in [-0.39, 0.29) is 12.3 Å². The second-order valence-corrected chi connectivity index (χ2v) is 9.78. The smallest absolute Gasteiger partial charge is 0.458 e. The van der Waals surface area contributed by atoms with E-state index in [0.717, 1.165) is 5.46 Å². The predicted molar refractivity (Wildman–Crippen MR) is 116 cm³/mol. The van der Waals surface area contributed by atoms with Crippen LogP contribution in [0, 0.1) is 0 Å². The topological polar surface area (TPSA) is 82.1 Å². The zero-order valence-corrected chi connectivity index (χ0v) is 19.0. The molecule has 1 fully saturated rings. The van der Waals surface area contributed by atoms with Crippen LogP contribution in [0.25, 0.3) is 6.08 Å². The second-order valence-electron chi connectivity index (χ2n) is 9.78. The van der Waals surface area contributed by atoms with Crippen LogP contribution in [0.5, 0.6) is 0 Å². The molecule has 3 rings (SSSR count). The average Bonchev–Trinajstić information content (AvgIpc) is 3.06. The number of carboxylic acid groups (broad SMARTS) is 1. The fourth-order valence-electron chi connectivity index (χ4n) is 4.11. The van der Waals surface area contributed by atoms with Gasteiger partial charge in [0, 0.05) is 17.7 Å². The molecule has 0 spiro atoms. The number of nitrogens with zero attached hydrogens (tertiary/aromatic N) is 1. The first kappa shape index (κ1) is 22.5. The van der Waals surface area contributed by atoms with Crippen molar-refractivity contribution in [3.63, 3.8) is 0 Å². The van der Waals surface area contributed by atoms with Crippen LogP contribution in [0.2, 0.25) is 0 Å². The van der Waals surface area contributed by atoms with E-state index in [1.165, 1.54) is 0 Å². The number of quaternary nitrogens is 1. The van der Waals surface area contributed by atoms with E-state index in [4.69, 9.17) is 14.0 Å². The Morgan fingerprint density at radius 1 is 1.13 bits per heavy atom. The van der Waals surface area contributed by atoms with E-state index in [1.807, 2.05) is 39.8 Å². The number of carbonyl (C=O) groups excluding carboxylic acids is 1. The van der Waals surface area contributed by atoms with Gasteiger partial charge in [-0.15, -0.1) is 4.48 Å². The summed E-state index contributed by atoms with van der Waals surface area (Å²) < 4.78 is 16.8. The van der Waals surface area contributed by atoms with Crippen LogP contribution in [-0.2, 0) is 18.8 Å². The maximum absolute atomic E-state index is 12.8. The van der Waals surface area contributed by atoms with Crippen molar-refractivity contribution < 1.29 is 28.7 Å². The molecule has 1 aromatic rings. The van der Waals surface area contributed by atoms with Crippen molar-refractivity contribution >= 4 is 36.4 Å². The molecular weight excluding hydrogens is 385 g/mol. The summed E-state index contributed by atoms with van der Waals surface area (Å²) in [5.74, 6) is -0.636. The second kappa shape index (κ2) is 6.94. The van der Waals surface area contributed by atoms with Gasteiger partial charge in [0.1, 0.15) is 5.54 Å². The third-order valence-electron chi connectivity index (χ3n) is 6.37. The highest BCUT2D eigenvalue weighted by Gasteiger charge is 2.60. The summed E-state index contributed by atoms with van der Waals surface area (Å²) in [6, 6.07) is 5.40. The highest BCUT2D eigenvalue weighted by Crippen LogP contribution is 2.47. The molecule has 0 saturated carbocycles. The lowest BCUT2D eigenvalue weighted by Gasteiger charge is -2.40. The number of hydrogen-bond acceptors (Lipinski definition) is 5. The van der Waals surface area contributed by atoms with Crippen LogP contribution in [0.15, 0.2) is 23.9 Å². The Bertz CT molecular complexity index is 914. The van der Waals surface area contributed by atoms with Gasteiger partial charge in [0.05, 0.1) is 17.8 Å². The third kappa shape index (κ3) is 3.09. The Balaban J connectivity index is 2.15. The van der Waals surface area contributed by atoms with Gasteiger partial charge in [-0.3, -0.25) is 0 Å². The zero-order valence-electron chi connectivity index (χ0n) is 19.0. The van der Waals surface area contributed by atoms with Crippen LogP contribution in [0.3, 0.4) is 0 Å². The van der Waals surface area contributed by atoms with Gasteiger partial charge in [0.15, 0.2) is 5.69 Å². The molecule has 1 unspecified atom stereocenters. The molecule has 162 valence electrons. The molecule has 0 aromatic heterocycles. The van der Waals surface area contributed by atoms with E-state index in [9.17, 15) is 14.7 Å². The fraction of sp³-hybridized carbons (Fsp3) is 0.545. The van der Waals surface area contributed by atoms with Crippen LogP contribution in [0.1, 0.15) is 61.0 Å². The SMILES string of the molecule is CCOC(=O)C1=Cc2cc(B3OC(C)(C)C(C)(C)O3)ccc2[N+]1(C(=O)O)C(C)(C)C. The van der Waals surface area contributed by atoms with Gasteiger partial charge in [0.2, 0.25) is 5.70 Å². The number of esters is 1. The minimum atomic E-state index is -1.14. The number of rotatable bonds is 3. The molecule has 1 saturated heterocycles. The number of hydrogen-bond donors (Lipinski definition) is 1. The van der Waals surface area contributed by atoms with Gasteiger partial charge in [0.25, 0.3) is 0 Å². The molecule has 1 atom stereocenters. The number of ether oxygens (including phenoxy) is 1. The van der Waals surface area contributed by atoms with Crippen LogP contribution in [-0.4, -0.2) is 47.6 Å². The quantitative estimate of drug-likeness (QED) is 0.460. The van der Waals surface area contributed by atoms with E-state index < -0.39 is 40.4 Å². The molecule has 2 aliphatic heterocycles. The van der Waals surface area contributed by atoms with Gasteiger partial charge in [-0.25, -0.2) is 4.79 Å². The van der Waals surface area contributed by atoms with Gasteiger partial charge in [-0.1, -0.05) is 6.07 Å². The highest BCUT2D eigenvalue weighted by molar-refractivity contribution is 6.62. The summed E-state index contributed by atoms with van der Waals surface area (Å²) in [5, 5.41) is 10.3. The predicted octanol–water partition coefficient (Wildman–Crippen LogP) is 3.69. The minimum absolute atomic E-state index is 0.0814. The summed E-state index contributed by atoms with van der Waals surface area (Å²) in [6.45, 7) is 15.2. The first-order chi connectivity index (χ1) is 13.7. The molecule has 30 heavy (non-hydrogen) atoms. The lowest BCUT2D eigenvalue weighted by Crippen LogP contribution is -2.64. The molecule has 7 nitrogen and oxygen atoms in total. The largest absolute Gasteiger partial charge is 0.524 e. The van der Waals surface area contributed by atoms with Crippen molar-refractivity contribution in [3.8, 4) is 0 Å². The number of amides is 1. The summed E-state index contributed by atoms with van der Waals surface area (Å²) in [4.78, 5) is 25.4. The summed E-state index contributed by atoms with van der Waals surface area (Å²) >= 11 is 0. The van der Waals surface area contributed by atoms with Crippen LogP contribution < -0.4 is 9.95 Å². The highest BCUT2D eigenvalue weighted by atomic mass is 16.7. The normalized spacial score (nSPS) is 24.4. The third-order valence-corrected chi connectivity index (χ3v) is 6.37. The van der Waals surface area contributed by atoms with Crippen molar-refractivity contribution in [2.45, 2.75) is 72.1 Å².